The van der Waals surface area contributed by atoms with Crippen LogP contribution in [-0.4, -0.2) is 41.3 Å². The minimum atomic E-state index is -0.768. The molecule has 1 saturated heterocycles. The molecular weight excluding hydrogens is 524 g/mol. The molecule has 0 N–H and O–H groups in total. The standard InChI is InChI=1S/C25H21ClN2O6S2/c1-3-34-17(29)12-27-24-21(36-25(27)32)18(13-4-10-16(33-2)11-5-13)19-20(35-24)23(31)28(22(19)30)15-8-6-14(26)7-9-15/h4-11,18-20H,3,12H2,1-2H3/t18-,19-,20+/m0/s1. The average molecular weight is 545 g/mol. The summed E-state index contributed by atoms with van der Waals surface area (Å²) in [6.07, 6.45) is 0. The van der Waals surface area contributed by atoms with E-state index in [-0.39, 0.29) is 29.8 Å². The van der Waals surface area contributed by atoms with Crippen molar-refractivity contribution >= 4 is 58.2 Å². The molecule has 0 saturated carbocycles. The number of nitrogens with zero attached hydrogens (tertiary/aromatic N) is 2. The molecule has 186 valence electrons. The second kappa shape index (κ2) is 9.76. The van der Waals surface area contributed by atoms with Gasteiger partial charge in [-0.3, -0.25) is 23.7 Å². The van der Waals surface area contributed by atoms with Crippen LogP contribution in [0.4, 0.5) is 5.69 Å². The van der Waals surface area contributed by atoms with Crippen LogP contribution in [-0.2, 0) is 25.7 Å². The summed E-state index contributed by atoms with van der Waals surface area (Å²) < 4.78 is 11.7. The van der Waals surface area contributed by atoms with Gasteiger partial charge in [0, 0.05) is 15.8 Å². The number of thioether (sulfide) groups is 1. The maximum atomic E-state index is 13.8. The molecule has 2 aliphatic heterocycles. The van der Waals surface area contributed by atoms with Gasteiger partial charge < -0.3 is 9.47 Å². The molecule has 36 heavy (non-hydrogen) atoms. The fourth-order valence-electron chi connectivity index (χ4n) is 4.61. The van der Waals surface area contributed by atoms with E-state index in [0.29, 0.717) is 26.4 Å². The highest BCUT2D eigenvalue weighted by Gasteiger charge is 2.56. The molecule has 5 rings (SSSR count). The summed E-state index contributed by atoms with van der Waals surface area (Å²) >= 11 is 8.16. The number of halogens is 1. The maximum absolute atomic E-state index is 13.8. The van der Waals surface area contributed by atoms with Gasteiger partial charge in [-0.2, -0.15) is 0 Å². The third-order valence-electron chi connectivity index (χ3n) is 6.20. The van der Waals surface area contributed by atoms with Gasteiger partial charge in [0.05, 0.1) is 30.3 Å². The van der Waals surface area contributed by atoms with Gasteiger partial charge in [0.15, 0.2) is 0 Å². The highest BCUT2D eigenvalue weighted by molar-refractivity contribution is 8.00. The lowest BCUT2D eigenvalue weighted by Crippen LogP contribution is -2.32. The molecule has 8 nitrogen and oxygen atoms in total. The molecule has 0 unspecified atom stereocenters. The molecule has 2 aliphatic rings. The van der Waals surface area contributed by atoms with Gasteiger partial charge >= 0.3 is 10.8 Å². The monoisotopic (exact) mass is 544 g/mol. The Morgan fingerprint density at radius 1 is 1.03 bits per heavy atom. The smallest absolute Gasteiger partial charge is 0.326 e. The van der Waals surface area contributed by atoms with Gasteiger partial charge in [0.1, 0.15) is 17.5 Å². The number of carbonyl (C=O) groups excluding carboxylic acids is 3. The minimum absolute atomic E-state index is 0.190. The SMILES string of the molecule is CCOC(=O)Cn1c2c(sc1=O)[C@@H](c1ccc(OC)cc1)[C@@H]1C(=O)N(c3ccc(Cl)cc3)C(=O)[C@@H]1S2. The third kappa shape index (κ3) is 4.12. The average Bonchev–Trinajstić information content (AvgIpc) is 3.31. The number of rotatable bonds is 6. The molecule has 0 radical (unpaired) electrons. The zero-order chi connectivity index (χ0) is 25.6. The molecule has 0 aliphatic carbocycles. The summed E-state index contributed by atoms with van der Waals surface area (Å²) in [4.78, 5) is 54.1. The number of aromatic nitrogens is 1. The predicted octanol–water partition coefficient (Wildman–Crippen LogP) is 3.93. The number of anilines is 1. The number of hydrogen-bond acceptors (Lipinski definition) is 8. The van der Waals surface area contributed by atoms with E-state index in [2.05, 4.69) is 0 Å². The Bertz CT molecular complexity index is 1400. The molecule has 3 heterocycles. The van der Waals surface area contributed by atoms with Crippen molar-refractivity contribution in [1.82, 2.24) is 4.57 Å². The Kier molecular flexibility index (Phi) is 6.67. The van der Waals surface area contributed by atoms with Crippen LogP contribution in [0.5, 0.6) is 5.75 Å². The van der Waals surface area contributed by atoms with Crippen molar-refractivity contribution in [3.05, 3.63) is 73.7 Å². The van der Waals surface area contributed by atoms with E-state index in [1.165, 1.54) is 9.47 Å². The van der Waals surface area contributed by atoms with Gasteiger partial charge in [-0.05, 0) is 48.9 Å². The van der Waals surface area contributed by atoms with Gasteiger partial charge in [0.25, 0.3) is 0 Å². The number of ether oxygens (including phenoxy) is 2. The fourth-order valence-corrected chi connectivity index (χ4v) is 7.51. The van der Waals surface area contributed by atoms with Gasteiger partial charge in [-0.1, -0.05) is 46.8 Å². The number of imide groups is 1. The first-order valence-electron chi connectivity index (χ1n) is 11.2. The second-order valence-corrected chi connectivity index (χ2v) is 10.8. The van der Waals surface area contributed by atoms with Crippen LogP contribution in [0.15, 0.2) is 58.4 Å². The predicted molar refractivity (Wildman–Crippen MR) is 137 cm³/mol. The van der Waals surface area contributed by atoms with Crippen LogP contribution >= 0.6 is 34.7 Å². The van der Waals surface area contributed by atoms with Gasteiger partial charge in [-0.15, -0.1) is 0 Å². The van der Waals surface area contributed by atoms with E-state index >= 15 is 0 Å². The van der Waals surface area contributed by atoms with Crippen molar-refractivity contribution < 1.29 is 23.9 Å². The summed E-state index contributed by atoms with van der Waals surface area (Å²) in [5, 5.41) is 0.236. The largest absolute Gasteiger partial charge is 0.497 e. The zero-order valence-electron chi connectivity index (χ0n) is 19.3. The molecule has 2 aromatic carbocycles. The molecule has 3 aromatic rings. The Morgan fingerprint density at radius 2 is 1.72 bits per heavy atom. The number of methoxy groups -OCH3 is 1. The minimum Gasteiger partial charge on any atom is -0.497 e. The highest BCUT2D eigenvalue weighted by atomic mass is 35.5. The van der Waals surface area contributed by atoms with Crippen LogP contribution in [0.1, 0.15) is 23.3 Å². The Labute approximate surface area is 219 Å². The highest BCUT2D eigenvalue weighted by Crippen LogP contribution is 2.54. The first-order chi connectivity index (χ1) is 17.3. The van der Waals surface area contributed by atoms with E-state index in [9.17, 15) is 19.2 Å². The molecular formula is C25H21ClN2O6S2. The van der Waals surface area contributed by atoms with Crippen LogP contribution in [0, 0.1) is 5.92 Å². The van der Waals surface area contributed by atoms with Crippen molar-refractivity contribution in [2.45, 2.75) is 29.7 Å². The molecule has 2 amide bonds. The van der Waals surface area contributed by atoms with E-state index < -0.39 is 23.1 Å². The van der Waals surface area contributed by atoms with Gasteiger partial charge in [-0.25, -0.2) is 4.90 Å². The zero-order valence-corrected chi connectivity index (χ0v) is 21.7. The number of amides is 2. The summed E-state index contributed by atoms with van der Waals surface area (Å²) in [6.45, 7) is 1.62. The summed E-state index contributed by atoms with van der Waals surface area (Å²) in [7, 11) is 1.56. The quantitative estimate of drug-likeness (QED) is 0.343. The van der Waals surface area contributed by atoms with E-state index in [1.807, 2.05) is 12.1 Å². The lowest BCUT2D eigenvalue weighted by Gasteiger charge is -2.30. The number of fused-ring (bicyclic) bond motifs is 2. The number of carbonyl (C=O) groups is 3. The topological polar surface area (TPSA) is 94.9 Å². The van der Waals surface area contributed by atoms with Crippen LogP contribution in [0.3, 0.4) is 0 Å². The maximum Gasteiger partial charge on any atom is 0.326 e. The van der Waals surface area contributed by atoms with Crippen molar-refractivity contribution in [2.75, 3.05) is 18.6 Å². The van der Waals surface area contributed by atoms with Gasteiger partial charge in [0.2, 0.25) is 11.8 Å². The Hall–Kier alpha value is -3.08. The number of esters is 1. The van der Waals surface area contributed by atoms with Crippen molar-refractivity contribution in [3.8, 4) is 5.75 Å². The molecule has 1 fully saturated rings. The summed E-state index contributed by atoms with van der Waals surface area (Å²) in [5.74, 6) is -1.89. The van der Waals surface area contributed by atoms with E-state index in [4.69, 9.17) is 21.1 Å². The molecule has 1 aromatic heterocycles. The van der Waals surface area contributed by atoms with Crippen molar-refractivity contribution in [3.63, 3.8) is 0 Å². The first-order valence-corrected chi connectivity index (χ1v) is 13.2. The summed E-state index contributed by atoms with van der Waals surface area (Å²) in [6, 6.07) is 13.8. The van der Waals surface area contributed by atoms with Crippen molar-refractivity contribution in [1.29, 1.82) is 0 Å². The molecule has 0 bridgehead atoms. The summed E-state index contributed by atoms with van der Waals surface area (Å²) in [5.41, 5.74) is 1.21. The number of hydrogen-bond donors (Lipinski definition) is 0. The van der Waals surface area contributed by atoms with Crippen LogP contribution in [0.2, 0.25) is 5.02 Å². The van der Waals surface area contributed by atoms with E-state index in [0.717, 1.165) is 28.7 Å². The first kappa shape index (κ1) is 24.6. The van der Waals surface area contributed by atoms with Crippen molar-refractivity contribution in [2.24, 2.45) is 5.92 Å². The third-order valence-corrected chi connectivity index (χ3v) is 9.06. The lowest BCUT2D eigenvalue weighted by atomic mass is 9.83. The molecule has 11 heteroatoms. The number of thiazole rings is 1. The Morgan fingerprint density at radius 3 is 2.36 bits per heavy atom. The molecule has 0 spiro atoms. The number of benzene rings is 2. The van der Waals surface area contributed by atoms with Crippen LogP contribution in [0.25, 0.3) is 0 Å². The molecule has 3 atom stereocenters. The second-order valence-electron chi connectivity index (χ2n) is 8.23. The Balaban J connectivity index is 1.63. The fraction of sp³-hybridized carbons (Fsp3) is 0.280. The lowest BCUT2D eigenvalue weighted by molar-refractivity contribution is -0.144. The van der Waals surface area contributed by atoms with E-state index in [1.54, 1.807) is 50.4 Å². The normalized spacial score (nSPS) is 20.8. The van der Waals surface area contributed by atoms with Crippen LogP contribution < -0.4 is 14.5 Å².